The first kappa shape index (κ1) is 18.0. The first-order chi connectivity index (χ1) is 10.7. The first-order valence-electron chi connectivity index (χ1n) is 7.23. The van der Waals surface area contributed by atoms with Crippen molar-refractivity contribution in [2.75, 3.05) is 13.7 Å². The Kier molecular flexibility index (Phi) is 5.55. The second-order valence-electron chi connectivity index (χ2n) is 6.20. The molecule has 0 heterocycles. The summed E-state index contributed by atoms with van der Waals surface area (Å²) < 4.78 is 5.04. The maximum absolute atomic E-state index is 12.4. The lowest BCUT2D eigenvalue weighted by Crippen LogP contribution is -2.51. The summed E-state index contributed by atoms with van der Waals surface area (Å²) >= 11 is 12.0. The fourth-order valence-corrected chi connectivity index (χ4v) is 3.36. The van der Waals surface area contributed by atoms with Gasteiger partial charge in [0.15, 0.2) is 0 Å². The minimum absolute atomic E-state index is 0.0582. The van der Waals surface area contributed by atoms with E-state index >= 15 is 0 Å². The van der Waals surface area contributed by atoms with Crippen molar-refractivity contribution < 1.29 is 19.4 Å². The molecule has 2 rings (SSSR count). The highest BCUT2D eigenvalue weighted by Gasteiger charge is 2.46. The summed E-state index contributed by atoms with van der Waals surface area (Å²) in [5, 5.41) is 12.9. The van der Waals surface area contributed by atoms with Gasteiger partial charge in [-0.3, -0.25) is 9.59 Å². The van der Waals surface area contributed by atoms with Crippen molar-refractivity contribution in [2.24, 2.45) is 5.92 Å². The smallest absolute Gasteiger partial charge is 0.305 e. The molecule has 0 spiro atoms. The van der Waals surface area contributed by atoms with Gasteiger partial charge in [0.1, 0.15) is 0 Å². The van der Waals surface area contributed by atoms with Crippen molar-refractivity contribution in [2.45, 2.75) is 31.2 Å². The van der Waals surface area contributed by atoms with E-state index in [1.807, 2.05) is 0 Å². The topological polar surface area (TPSA) is 75.6 Å². The van der Waals surface area contributed by atoms with Gasteiger partial charge in [-0.05, 0) is 43.0 Å². The normalized spacial score (nSPS) is 22.3. The average molecular weight is 360 g/mol. The number of hydrogen-bond donors (Lipinski definition) is 2. The minimum Gasteiger partial charge on any atom is -0.481 e. The van der Waals surface area contributed by atoms with Gasteiger partial charge in [-0.25, -0.2) is 0 Å². The second-order valence-corrected chi connectivity index (χ2v) is 7.08. The number of ether oxygens (including phenoxy) is 1. The van der Waals surface area contributed by atoms with Crippen molar-refractivity contribution in [1.29, 1.82) is 0 Å². The highest BCUT2D eigenvalue weighted by Crippen LogP contribution is 2.48. The highest BCUT2D eigenvalue weighted by atomic mass is 35.5. The molecule has 1 aliphatic rings. The summed E-state index contributed by atoms with van der Waals surface area (Å²) in [6.45, 7) is 1.79. The molecule has 1 fully saturated rings. The molecule has 0 saturated heterocycles. The van der Waals surface area contributed by atoms with Crippen molar-refractivity contribution in [3.05, 3.63) is 33.8 Å². The van der Waals surface area contributed by atoms with E-state index in [2.05, 4.69) is 5.32 Å². The van der Waals surface area contributed by atoms with Crippen LogP contribution in [0.4, 0.5) is 0 Å². The maximum atomic E-state index is 12.4. The lowest BCUT2D eigenvalue weighted by atomic mass is 9.98. The van der Waals surface area contributed by atoms with Crippen molar-refractivity contribution >= 4 is 35.1 Å². The Morgan fingerprint density at radius 1 is 1.35 bits per heavy atom. The van der Waals surface area contributed by atoms with Crippen molar-refractivity contribution in [1.82, 2.24) is 5.32 Å². The molecule has 3 atom stereocenters. The molecule has 5 nitrogen and oxygen atoms in total. The Balaban J connectivity index is 2.03. The standard InChI is InChI=1S/C16H19Cl2NO4/c1-16(8-23-2,7-14(20)21)19-15(22)13-6-12(13)9-3-10(17)5-11(18)4-9/h3-5,12-13H,6-8H2,1-2H3,(H,19,22)(H,20,21). The van der Waals surface area contributed by atoms with E-state index in [0.717, 1.165) is 5.56 Å². The summed E-state index contributed by atoms with van der Waals surface area (Å²) in [5.41, 5.74) is -0.00844. The summed E-state index contributed by atoms with van der Waals surface area (Å²) in [4.78, 5) is 23.4. The number of carbonyl (C=O) groups excluding carboxylic acids is 1. The van der Waals surface area contributed by atoms with E-state index in [0.29, 0.717) is 16.5 Å². The molecule has 2 N–H and O–H groups in total. The van der Waals surface area contributed by atoms with Gasteiger partial charge in [0.05, 0.1) is 18.6 Å². The predicted molar refractivity (Wildman–Crippen MR) is 88.0 cm³/mol. The Morgan fingerprint density at radius 3 is 2.48 bits per heavy atom. The predicted octanol–water partition coefficient (Wildman–Crippen LogP) is 3.09. The van der Waals surface area contributed by atoms with Crippen LogP contribution in [0.25, 0.3) is 0 Å². The molecular formula is C16H19Cl2NO4. The van der Waals surface area contributed by atoms with Gasteiger partial charge in [0.25, 0.3) is 0 Å². The maximum Gasteiger partial charge on any atom is 0.305 e. The number of methoxy groups -OCH3 is 1. The molecule has 1 aromatic carbocycles. The monoisotopic (exact) mass is 359 g/mol. The molecule has 126 valence electrons. The number of nitrogens with one attached hydrogen (secondary N) is 1. The van der Waals surface area contributed by atoms with Gasteiger partial charge < -0.3 is 15.2 Å². The summed E-state index contributed by atoms with van der Waals surface area (Å²) in [6.07, 6.45) is 0.492. The van der Waals surface area contributed by atoms with Crippen LogP contribution < -0.4 is 5.32 Å². The summed E-state index contributed by atoms with van der Waals surface area (Å²) in [6, 6.07) is 5.25. The van der Waals surface area contributed by atoms with Gasteiger partial charge in [-0.2, -0.15) is 0 Å². The number of rotatable bonds is 7. The molecule has 1 aromatic rings. The van der Waals surface area contributed by atoms with Crippen LogP contribution in [0.1, 0.15) is 31.2 Å². The number of carboxylic acids is 1. The summed E-state index contributed by atoms with van der Waals surface area (Å²) in [5.74, 6) is -1.30. The molecule has 1 aliphatic carbocycles. The van der Waals surface area contributed by atoms with Crippen LogP contribution in [0.2, 0.25) is 10.0 Å². The molecule has 0 radical (unpaired) electrons. The largest absolute Gasteiger partial charge is 0.481 e. The number of aliphatic carboxylic acids is 1. The molecule has 0 bridgehead atoms. The molecule has 0 aromatic heterocycles. The Hall–Kier alpha value is -1.30. The lowest BCUT2D eigenvalue weighted by molar-refractivity contribution is -0.139. The lowest BCUT2D eigenvalue weighted by Gasteiger charge is -2.28. The van der Waals surface area contributed by atoms with E-state index in [9.17, 15) is 9.59 Å². The first-order valence-corrected chi connectivity index (χ1v) is 7.98. The van der Waals surface area contributed by atoms with Crippen LogP contribution in [-0.2, 0) is 14.3 Å². The van der Waals surface area contributed by atoms with Gasteiger partial charge in [0, 0.05) is 23.1 Å². The van der Waals surface area contributed by atoms with Crippen LogP contribution in [0.5, 0.6) is 0 Å². The van der Waals surface area contributed by atoms with Gasteiger partial charge in [-0.1, -0.05) is 23.2 Å². The SMILES string of the molecule is COCC(C)(CC(=O)O)NC(=O)C1CC1c1cc(Cl)cc(Cl)c1. The zero-order chi connectivity index (χ0) is 17.2. The van der Waals surface area contributed by atoms with Gasteiger partial charge >= 0.3 is 5.97 Å². The van der Waals surface area contributed by atoms with Gasteiger partial charge in [0.2, 0.25) is 5.91 Å². The zero-order valence-corrected chi connectivity index (χ0v) is 14.4. The average Bonchev–Trinajstić information content (AvgIpc) is 3.16. The van der Waals surface area contributed by atoms with Gasteiger partial charge in [-0.15, -0.1) is 0 Å². The van der Waals surface area contributed by atoms with Crippen molar-refractivity contribution in [3.8, 4) is 0 Å². The van der Waals surface area contributed by atoms with E-state index in [-0.39, 0.29) is 30.8 Å². The second kappa shape index (κ2) is 7.07. The number of benzene rings is 1. The molecule has 23 heavy (non-hydrogen) atoms. The molecule has 7 heteroatoms. The molecule has 3 unspecified atom stereocenters. The Morgan fingerprint density at radius 2 is 1.96 bits per heavy atom. The van der Waals surface area contributed by atoms with E-state index in [1.165, 1.54) is 7.11 Å². The van der Waals surface area contributed by atoms with E-state index in [1.54, 1.807) is 25.1 Å². The molecular weight excluding hydrogens is 341 g/mol. The van der Waals surface area contributed by atoms with Crippen molar-refractivity contribution in [3.63, 3.8) is 0 Å². The van der Waals surface area contributed by atoms with E-state index in [4.69, 9.17) is 33.0 Å². The van der Waals surface area contributed by atoms with Crippen LogP contribution in [-0.4, -0.2) is 36.2 Å². The number of amides is 1. The Bertz CT molecular complexity index is 602. The number of carboxylic acid groups (broad SMARTS) is 1. The zero-order valence-electron chi connectivity index (χ0n) is 12.9. The quantitative estimate of drug-likeness (QED) is 0.784. The fourth-order valence-electron chi connectivity index (χ4n) is 2.82. The molecule has 1 amide bonds. The van der Waals surface area contributed by atoms with Crippen LogP contribution >= 0.6 is 23.2 Å². The molecule has 0 aliphatic heterocycles. The number of hydrogen-bond acceptors (Lipinski definition) is 3. The van der Waals surface area contributed by atoms with E-state index < -0.39 is 11.5 Å². The number of carbonyl (C=O) groups is 2. The third kappa shape index (κ3) is 4.83. The Labute approximate surface area is 144 Å². The minimum atomic E-state index is -0.987. The highest BCUT2D eigenvalue weighted by molar-refractivity contribution is 6.34. The third-order valence-electron chi connectivity index (χ3n) is 3.87. The van der Waals surface area contributed by atoms with Crippen LogP contribution in [0.3, 0.4) is 0 Å². The fraction of sp³-hybridized carbons (Fsp3) is 0.500. The van der Waals surface area contributed by atoms with Crippen LogP contribution in [0.15, 0.2) is 18.2 Å². The molecule has 1 saturated carbocycles. The third-order valence-corrected chi connectivity index (χ3v) is 4.31. The van der Waals surface area contributed by atoms with Crippen LogP contribution in [0, 0.1) is 5.92 Å². The number of halogens is 2. The summed E-state index contributed by atoms with van der Waals surface area (Å²) in [7, 11) is 1.47.